The van der Waals surface area contributed by atoms with Crippen LogP contribution in [0, 0.1) is 6.92 Å². The quantitative estimate of drug-likeness (QED) is 0.489. The lowest BCUT2D eigenvalue weighted by atomic mass is 10.1. The molecule has 3 aromatic rings. The van der Waals surface area contributed by atoms with Gasteiger partial charge in [-0.15, -0.1) is 10.2 Å². The molecule has 0 aliphatic carbocycles. The molecule has 0 spiro atoms. The Morgan fingerprint density at radius 2 is 2.08 bits per heavy atom. The monoisotopic (exact) mass is 358 g/mol. The number of benzene rings is 1. The number of thioether (sulfide) groups is 1. The number of tetrazole rings is 1. The van der Waals surface area contributed by atoms with Gasteiger partial charge in [-0.1, -0.05) is 41.2 Å². The van der Waals surface area contributed by atoms with Crippen molar-refractivity contribution in [2.24, 2.45) is 7.05 Å². The second kappa shape index (κ2) is 7.88. The van der Waals surface area contributed by atoms with Crippen molar-refractivity contribution in [1.29, 1.82) is 0 Å². The summed E-state index contributed by atoms with van der Waals surface area (Å²) in [5, 5.41) is 22.7. The zero-order valence-electron chi connectivity index (χ0n) is 14.0. The highest BCUT2D eigenvalue weighted by Gasteiger charge is 2.11. The van der Waals surface area contributed by atoms with E-state index in [-0.39, 0.29) is 5.91 Å². The van der Waals surface area contributed by atoms with E-state index in [2.05, 4.69) is 31.2 Å². The van der Waals surface area contributed by atoms with Crippen LogP contribution in [0.1, 0.15) is 21.6 Å². The van der Waals surface area contributed by atoms with Crippen molar-refractivity contribution in [3.8, 4) is 0 Å². The van der Waals surface area contributed by atoms with Crippen molar-refractivity contribution < 1.29 is 4.79 Å². The van der Waals surface area contributed by atoms with E-state index < -0.39 is 0 Å². The van der Waals surface area contributed by atoms with Crippen LogP contribution >= 0.6 is 11.8 Å². The largest absolute Gasteiger partial charge is 0.350 e. The predicted molar refractivity (Wildman–Crippen MR) is 92.2 cm³/mol. The molecule has 0 saturated carbocycles. The first-order valence-electron chi connectivity index (χ1n) is 7.71. The number of aryl methyl sites for hydroxylation is 2. The molecule has 0 bridgehead atoms. The van der Waals surface area contributed by atoms with E-state index in [0.717, 1.165) is 5.56 Å². The maximum absolute atomic E-state index is 12.1. The van der Waals surface area contributed by atoms with Gasteiger partial charge in [0.1, 0.15) is 0 Å². The number of carbonyl (C=O) groups excluding carboxylic acids is 1. The van der Waals surface area contributed by atoms with Crippen molar-refractivity contribution in [3.05, 3.63) is 47.3 Å². The average molecular weight is 358 g/mol. The Morgan fingerprint density at radius 1 is 1.24 bits per heavy atom. The van der Waals surface area contributed by atoms with Crippen LogP contribution in [0.15, 0.2) is 35.6 Å². The van der Waals surface area contributed by atoms with E-state index >= 15 is 0 Å². The maximum atomic E-state index is 12.1. The fourth-order valence-electron chi connectivity index (χ4n) is 2.18. The Bertz CT molecular complexity index is 859. The molecule has 0 radical (unpaired) electrons. The van der Waals surface area contributed by atoms with Crippen LogP contribution in [0.4, 0.5) is 0 Å². The van der Waals surface area contributed by atoms with Crippen LogP contribution in [0.5, 0.6) is 0 Å². The Morgan fingerprint density at radius 3 is 2.84 bits per heavy atom. The van der Waals surface area contributed by atoms with Gasteiger partial charge in [-0.3, -0.25) is 4.79 Å². The van der Waals surface area contributed by atoms with Gasteiger partial charge in [0, 0.05) is 19.3 Å². The van der Waals surface area contributed by atoms with Gasteiger partial charge < -0.3 is 5.32 Å². The molecule has 3 rings (SSSR count). The summed E-state index contributed by atoms with van der Waals surface area (Å²) in [6.45, 7) is 3.12. The van der Waals surface area contributed by atoms with Crippen LogP contribution < -0.4 is 5.32 Å². The van der Waals surface area contributed by atoms with Gasteiger partial charge in [0.15, 0.2) is 5.69 Å². The normalized spacial score (nSPS) is 10.8. The molecule has 2 heterocycles. The SMILES string of the molecule is Cc1ccccc1Cn1cc(C(=O)NCCSc2nnnn2C)nn1. The summed E-state index contributed by atoms with van der Waals surface area (Å²) in [6, 6.07) is 8.06. The summed E-state index contributed by atoms with van der Waals surface area (Å²) >= 11 is 1.47. The van der Waals surface area contributed by atoms with Crippen molar-refractivity contribution in [2.75, 3.05) is 12.3 Å². The summed E-state index contributed by atoms with van der Waals surface area (Å²) in [6.07, 6.45) is 1.65. The minimum Gasteiger partial charge on any atom is -0.350 e. The highest BCUT2D eigenvalue weighted by Crippen LogP contribution is 2.11. The average Bonchev–Trinajstić information content (AvgIpc) is 3.23. The summed E-state index contributed by atoms with van der Waals surface area (Å²) in [5.74, 6) is 0.421. The number of hydrogen-bond donors (Lipinski definition) is 1. The Hall–Kier alpha value is -2.75. The van der Waals surface area contributed by atoms with Gasteiger partial charge >= 0.3 is 0 Å². The Labute approximate surface area is 148 Å². The van der Waals surface area contributed by atoms with Crippen molar-refractivity contribution in [1.82, 2.24) is 40.5 Å². The Balaban J connectivity index is 1.49. The molecule has 0 aliphatic rings. The summed E-state index contributed by atoms with van der Waals surface area (Å²) < 4.78 is 3.25. The zero-order chi connectivity index (χ0) is 17.6. The highest BCUT2D eigenvalue weighted by atomic mass is 32.2. The predicted octanol–water partition coefficient (Wildman–Crippen LogP) is 0.680. The van der Waals surface area contributed by atoms with Gasteiger partial charge in [0.25, 0.3) is 5.91 Å². The molecule has 0 unspecified atom stereocenters. The third-order valence-corrected chi connectivity index (χ3v) is 4.58. The van der Waals surface area contributed by atoms with Crippen LogP contribution in [0.3, 0.4) is 0 Å². The van der Waals surface area contributed by atoms with Crippen molar-refractivity contribution in [2.45, 2.75) is 18.6 Å². The molecule has 1 aromatic carbocycles. The topological polar surface area (TPSA) is 103 Å². The van der Waals surface area contributed by atoms with Crippen molar-refractivity contribution >= 4 is 17.7 Å². The molecule has 0 atom stereocenters. The molecular formula is C15H18N8OS. The minimum absolute atomic E-state index is 0.243. The second-order valence-corrected chi connectivity index (χ2v) is 6.48. The fraction of sp³-hybridized carbons (Fsp3) is 0.333. The van der Waals surface area contributed by atoms with Crippen LogP contribution in [-0.4, -0.2) is 53.4 Å². The Kier molecular flexibility index (Phi) is 5.39. The molecule has 1 N–H and O–H groups in total. The van der Waals surface area contributed by atoms with Crippen LogP contribution in [0.25, 0.3) is 0 Å². The summed E-state index contributed by atoms with van der Waals surface area (Å²) in [7, 11) is 1.77. The molecule has 0 saturated heterocycles. The summed E-state index contributed by atoms with van der Waals surface area (Å²) in [4.78, 5) is 12.1. The van der Waals surface area contributed by atoms with Gasteiger partial charge in [-0.25, -0.2) is 9.36 Å². The molecule has 2 aromatic heterocycles. The van der Waals surface area contributed by atoms with Gasteiger partial charge in [-0.2, -0.15) is 0 Å². The van der Waals surface area contributed by atoms with Crippen molar-refractivity contribution in [3.63, 3.8) is 0 Å². The molecule has 0 fully saturated rings. The molecule has 1 amide bonds. The van der Waals surface area contributed by atoms with E-state index in [4.69, 9.17) is 0 Å². The zero-order valence-corrected chi connectivity index (χ0v) is 14.8. The number of nitrogens with zero attached hydrogens (tertiary/aromatic N) is 7. The summed E-state index contributed by atoms with van der Waals surface area (Å²) in [5.41, 5.74) is 2.63. The number of amides is 1. The molecule has 25 heavy (non-hydrogen) atoms. The number of hydrogen-bond acceptors (Lipinski definition) is 7. The number of nitrogens with one attached hydrogen (secondary N) is 1. The standard InChI is InChI=1S/C15H18N8OS/c1-11-5-3-4-6-12(11)9-23-10-13(17-20-23)14(24)16-7-8-25-15-18-19-21-22(15)2/h3-6,10H,7-9H2,1-2H3,(H,16,24). The third-order valence-electron chi connectivity index (χ3n) is 3.56. The lowest BCUT2D eigenvalue weighted by molar-refractivity contribution is 0.0951. The van der Waals surface area contributed by atoms with Gasteiger partial charge in [-0.05, 0) is 28.5 Å². The maximum Gasteiger partial charge on any atom is 0.273 e. The first kappa shape index (κ1) is 17.1. The van der Waals surface area contributed by atoms with Gasteiger partial charge in [0.05, 0.1) is 12.7 Å². The second-order valence-electron chi connectivity index (χ2n) is 5.42. The first-order valence-corrected chi connectivity index (χ1v) is 8.70. The van der Waals surface area contributed by atoms with Crippen LogP contribution in [-0.2, 0) is 13.6 Å². The molecule has 130 valence electrons. The highest BCUT2D eigenvalue weighted by molar-refractivity contribution is 7.99. The van der Waals surface area contributed by atoms with E-state index in [1.54, 1.807) is 22.6 Å². The van der Waals surface area contributed by atoms with E-state index in [1.807, 2.05) is 31.2 Å². The van der Waals surface area contributed by atoms with Gasteiger partial charge in [0.2, 0.25) is 5.16 Å². The first-order chi connectivity index (χ1) is 12.1. The molecule has 0 aliphatic heterocycles. The number of rotatable bonds is 7. The lowest BCUT2D eigenvalue weighted by Crippen LogP contribution is -2.26. The number of aromatic nitrogens is 7. The molecule has 9 nitrogen and oxygen atoms in total. The smallest absolute Gasteiger partial charge is 0.273 e. The third kappa shape index (κ3) is 4.41. The molecule has 10 heteroatoms. The van der Waals surface area contributed by atoms with Crippen LogP contribution in [0.2, 0.25) is 0 Å². The molecular weight excluding hydrogens is 340 g/mol. The van der Waals surface area contributed by atoms with E-state index in [0.29, 0.717) is 29.7 Å². The van der Waals surface area contributed by atoms with E-state index in [9.17, 15) is 4.79 Å². The fourth-order valence-corrected chi connectivity index (χ4v) is 2.89. The van der Waals surface area contributed by atoms with E-state index in [1.165, 1.54) is 17.3 Å². The lowest BCUT2D eigenvalue weighted by Gasteiger charge is -2.04. The minimum atomic E-state index is -0.243. The number of carbonyl (C=O) groups is 1.